The highest BCUT2D eigenvalue weighted by Gasteiger charge is 2.26. The molecule has 2 rings (SSSR count). The van der Waals surface area contributed by atoms with E-state index in [0.29, 0.717) is 19.6 Å². The number of benzene rings is 1. The molecule has 1 heterocycles. The van der Waals surface area contributed by atoms with Crippen molar-refractivity contribution in [3.05, 3.63) is 35.9 Å². The Morgan fingerprint density at radius 2 is 2.12 bits per heavy atom. The van der Waals surface area contributed by atoms with Crippen LogP contribution >= 0.6 is 0 Å². The van der Waals surface area contributed by atoms with Crippen molar-refractivity contribution in [1.29, 1.82) is 0 Å². The molecule has 1 fully saturated rings. The summed E-state index contributed by atoms with van der Waals surface area (Å²) in [6.45, 7) is 1.06. The van der Waals surface area contributed by atoms with E-state index in [9.17, 15) is 4.79 Å². The first-order valence-electron chi connectivity index (χ1n) is 5.26. The van der Waals surface area contributed by atoms with E-state index >= 15 is 0 Å². The second-order valence-electron chi connectivity index (χ2n) is 3.56. The number of ether oxygens (including phenoxy) is 3. The molecular formula is C12H14O4. The van der Waals surface area contributed by atoms with E-state index in [2.05, 4.69) is 0 Å². The highest BCUT2D eigenvalue weighted by Crippen LogP contribution is 2.10. The molecule has 0 aromatic heterocycles. The van der Waals surface area contributed by atoms with E-state index in [-0.39, 0.29) is 12.8 Å². The fourth-order valence-electron chi connectivity index (χ4n) is 1.49. The van der Waals surface area contributed by atoms with Crippen LogP contribution in [0, 0.1) is 0 Å². The van der Waals surface area contributed by atoms with Crippen molar-refractivity contribution in [2.24, 2.45) is 0 Å². The van der Waals surface area contributed by atoms with Crippen molar-refractivity contribution in [3.8, 4) is 0 Å². The maximum absolute atomic E-state index is 11.0. The number of esters is 1. The minimum absolute atomic E-state index is 0.120. The second kappa shape index (κ2) is 5.63. The average Bonchev–Trinajstić information content (AvgIpc) is 2.72. The lowest BCUT2D eigenvalue weighted by Crippen LogP contribution is -2.19. The minimum Gasteiger partial charge on any atom is -0.464 e. The van der Waals surface area contributed by atoms with Gasteiger partial charge in [-0.1, -0.05) is 30.3 Å². The Labute approximate surface area is 94.1 Å². The van der Waals surface area contributed by atoms with E-state index in [1.807, 2.05) is 30.3 Å². The van der Waals surface area contributed by atoms with Crippen LogP contribution in [-0.2, 0) is 25.6 Å². The molecule has 0 radical (unpaired) electrons. The normalized spacial score (nSPS) is 19.8. The summed E-state index contributed by atoms with van der Waals surface area (Å²) in [6, 6.07) is 9.81. The van der Waals surface area contributed by atoms with Crippen LogP contribution in [0.5, 0.6) is 0 Å². The standard InChI is InChI=1S/C12H14O4/c13-12-11(6-7-15-12)16-9-14-8-10-4-2-1-3-5-10/h1-5,11H,6-9H2/t11-/m0/s1. The van der Waals surface area contributed by atoms with Crippen molar-refractivity contribution in [3.63, 3.8) is 0 Å². The van der Waals surface area contributed by atoms with Crippen molar-refractivity contribution < 1.29 is 19.0 Å². The molecule has 0 saturated carbocycles. The Morgan fingerprint density at radius 1 is 1.31 bits per heavy atom. The van der Waals surface area contributed by atoms with Crippen LogP contribution in [0.25, 0.3) is 0 Å². The summed E-state index contributed by atoms with van der Waals surface area (Å²) in [5.41, 5.74) is 1.08. The van der Waals surface area contributed by atoms with Gasteiger partial charge in [0.25, 0.3) is 0 Å². The minimum atomic E-state index is -0.448. The van der Waals surface area contributed by atoms with Crippen LogP contribution in [-0.4, -0.2) is 25.5 Å². The van der Waals surface area contributed by atoms with Gasteiger partial charge in [0.15, 0.2) is 6.10 Å². The van der Waals surface area contributed by atoms with Crippen molar-refractivity contribution in [2.75, 3.05) is 13.4 Å². The Balaban J connectivity index is 1.64. The predicted octanol–water partition coefficient (Wildman–Crippen LogP) is 1.49. The van der Waals surface area contributed by atoms with Crippen molar-refractivity contribution in [1.82, 2.24) is 0 Å². The molecule has 1 saturated heterocycles. The average molecular weight is 222 g/mol. The van der Waals surface area contributed by atoms with Crippen molar-refractivity contribution in [2.45, 2.75) is 19.1 Å². The maximum Gasteiger partial charge on any atom is 0.335 e. The van der Waals surface area contributed by atoms with Crippen LogP contribution in [0.3, 0.4) is 0 Å². The molecule has 1 aromatic carbocycles. The molecule has 1 aromatic rings. The molecule has 86 valence electrons. The van der Waals surface area contributed by atoms with Gasteiger partial charge in [0, 0.05) is 6.42 Å². The predicted molar refractivity (Wildman–Crippen MR) is 56.5 cm³/mol. The molecular weight excluding hydrogens is 208 g/mol. The number of carbonyl (C=O) groups excluding carboxylic acids is 1. The number of hydrogen-bond donors (Lipinski definition) is 0. The van der Waals surface area contributed by atoms with Gasteiger partial charge in [-0.25, -0.2) is 4.79 Å². The molecule has 0 unspecified atom stereocenters. The highest BCUT2D eigenvalue weighted by molar-refractivity contribution is 5.76. The number of carbonyl (C=O) groups is 1. The Kier molecular flexibility index (Phi) is 3.91. The van der Waals surface area contributed by atoms with Gasteiger partial charge in [0.2, 0.25) is 0 Å². The summed E-state index contributed by atoms with van der Waals surface area (Å²) in [5.74, 6) is -0.289. The van der Waals surface area contributed by atoms with Gasteiger partial charge in [0.05, 0.1) is 13.2 Å². The molecule has 0 spiro atoms. The summed E-state index contributed by atoms with van der Waals surface area (Å²) in [7, 11) is 0. The van der Waals surface area contributed by atoms with E-state index in [4.69, 9.17) is 14.2 Å². The van der Waals surface area contributed by atoms with Crippen LogP contribution in [0.4, 0.5) is 0 Å². The van der Waals surface area contributed by atoms with Crippen LogP contribution in [0.15, 0.2) is 30.3 Å². The van der Waals surface area contributed by atoms with Gasteiger partial charge < -0.3 is 14.2 Å². The zero-order valence-corrected chi connectivity index (χ0v) is 8.93. The topological polar surface area (TPSA) is 44.8 Å². The first kappa shape index (κ1) is 11.1. The molecule has 0 aliphatic carbocycles. The highest BCUT2D eigenvalue weighted by atomic mass is 16.7. The monoisotopic (exact) mass is 222 g/mol. The van der Waals surface area contributed by atoms with Crippen molar-refractivity contribution >= 4 is 5.97 Å². The fourth-order valence-corrected chi connectivity index (χ4v) is 1.49. The molecule has 1 atom stereocenters. The summed E-state index contributed by atoms with van der Waals surface area (Å²) in [4.78, 5) is 11.0. The third kappa shape index (κ3) is 3.05. The SMILES string of the molecule is O=C1OCC[C@@H]1OCOCc1ccccc1. The Hall–Kier alpha value is -1.39. The maximum atomic E-state index is 11.0. The first-order valence-corrected chi connectivity index (χ1v) is 5.26. The molecule has 16 heavy (non-hydrogen) atoms. The van der Waals surface area contributed by atoms with Gasteiger partial charge in [0.1, 0.15) is 6.79 Å². The van der Waals surface area contributed by atoms with E-state index in [1.165, 1.54) is 0 Å². The van der Waals surface area contributed by atoms with Gasteiger partial charge >= 0.3 is 5.97 Å². The largest absolute Gasteiger partial charge is 0.464 e. The zero-order valence-electron chi connectivity index (χ0n) is 8.93. The summed E-state index contributed by atoms with van der Waals surface area (Å²) in [5, 5.41) is 0. The molecule has 4 heteroatoms. The molecule has 0 bridgehead atoms. The lowest BCUT2D eigenvalue weighted by Gasteiger charge is -2.08. The summed E-state index contributed by atoms with van der Waals surface area (Å²) < 4.78 is 15.3. The number of cyclic esters (lactones) is 1. The smallest absolute Gasteiger partial charge is 0.335 e. The second-order valence-corrected chi connectivity index (χ2v) is 3.56. The fraction of sp³-hybridized carbons (Fsp3) is 0.417. The van der Waals surface area contributed by atoms with Gasteiger partial charge in [-0.3, -0.25) is 0 Å². The molecule has 1 aliphatic heterocycles. The van der Waals surface area contributed by atoms with Crippen LogP contribution in [0.2, 0.25) is 0 Å². The summed E-state index contributed by atoms with van der Waals surface area (Å²) >= 11 is 0. The lowest BCUT2D eigenvalue weighted by atomic mass is 10.2. The lowest BCUT2D eigenvalue weighted by molar-refractivity contribution is -0.156. The third-order valence-corrected chi connectivity index (χ3v) is 2.35. The van der Waals surface area contributed by atoms with Crippen LogP contribution < -0.4 is 0 Å². The molecule has 0 N–H and O–H groups in total. The zero-order chi connectivity index (χ0) is 11.2. The van der Waals surface area contributed by atoms with Gasteiger partial charge in [-0.2, -0.15) is 0 Å². The Bertz CT molecular complexity index is 336. The molecule has 0 amide bonds. The number of hydrogen-bond acceptors (Lipinski definition) is 4. The van der Waals surface area contributed by atoms with Gasteiger partial charge in [-0.05, 0) is 5.56 Å². The van der Waals surface area contributed by atoms with E-state index in [1.54, 1.807) is 0 Å². The van der Waals surface area contributed by atoms with E-state index < -0.39 is 6.10 Å². The first-order chi connectivity index (χ1) is 7.86. The molecule has 1 aliphatic rings. The van der Waals surface area contributed by atoms with Crippen LogP contribution in [0.1, 0.15) is 12.0 Å². The molecule has 4 nitrogen and oxygen atoms in total. The van der Waals surface area contributed by atoms with Gasteiger partial charge in [-0.15, -0.1) is 0 Å². The quantitative estimate of drug-likeness (QED) is 0.430. The Morgan fingerprint density at radius 3 is 2.81 bits per heavy atom. The number of rotatable bonds is 5. The third-order valence-electron chi connectivity index (χ3n) is 2.35. The van der Waals surface area contributed by atoms with E-state index in [0.717, 1.165) is 5.56 Å². The summed E-state index contributed by atoms with van der Waals surface area (Å²) in [6.07, 6.45) is 0.170.